The van der Waals surface area contributed by atoms with Gasteiger partial charge in [-0.3, -0.25) is 0 Å². The van der Waals surface area contributed by atoms with Crippen molar-refractivity contribution in [3.05, 3.63) is 111 Å². The van der Waals surface area contributed by atoms with Gasteiger partial charge in [-0.15, -0.1) is 5.10 Å². The summed E-state index contributed by atoms with van der Waals surface area (Å²) in [4.78, 5) is 0. The number of nitrogens with zero attached hydrogens (tertiary/aromatic N) is 5. The predicted molar refractivity (Wildman–Crippen MR) is 142 cm³/mol. The molecular formula is C27H22F2IN5O3. The number of halogens is 3. The molecule has 5 rings (SSSR count). The van der Waals surface area contributed by atoms with Crippen LogP contribution in [0.5, 0.6) is 5.75 Å². The van der Waals surface area contributed by atoms with Crippen LogP contribution in [0.15, 0.2) is 83.6 Å². The lowest BCUT2D eigenvalue weighted by atomic mass is 9.80. The molecule has 0 amide bonds. The molecule has 0 saturated carbocycles. The molecule has 2 atom stereocenters. The SMILES string of the molecule is C[C@@H](c1cc(-c2ccc(OCc3ccc(I)cc3)cc2)no1)[C@](O)(Cn1cnnn1)c1ccc(F)cc1F. The second-order valence-corrected chi connectivity index (χ2v) is 10.1. The number of rotatable bonds is 9. The Balaban J connectivity index is 1.36. The fourth-order valence-electron chi connectivity index (χ4n) is 4.13. The molecule has 0 fully saturated rings. The normalized spacial score (nSPS) is 13.7. The second-order valence-electron chi connectivity index (χ2n) is 8.83. The van der Waals surface area contributed by atoms with E-state index >= 15 is 0 Å². The number of hydrogen-bond donors (Lipinski definition) is 1. The molecule has 0 saturated heterocycles. The van der Waals surface area contributed by atoms with Crippen LogP contribution in [-0.2, 0) is 18.8 Å². The summed E-state index contributed by atoms with van der Waals surface area (Å²) >= 11 is 2.26. The lowest BCUT2D eigenvalue weighted by Gasteiger charge is -2.33. The van der Waals surface area contributed by atoms with Gasteiger partial charge in [-0.1, -0.05) is 30.3 Å². The summed E-state index contributed by atoms with van der Waals surface area (Å²) in [6.07, 6.45) is 1.30. The van der Waals surface area contributed by atoms with Crippen LogP contribution >= 0.6 is 22.6 Å². The van der Waals surface area contributed by atoms with Gasteiger partial charge < -0.3 is 14.4 Å². The fourth-order valence-corrected chi connectivity index (χ4v) is 4.49. The smallest absolute Gasteiger partial charge is 0.143 e. The summed E-state index contributed by atoms with van der Waals surface area (Å²) in [5, 5.41) is 26.8. The van der Waals surface area contributed by atoms with Gasteiger partial charge in [0.05, 0.1) is 12.5 Å². The Morgan fingerprint density at radius 1 is 1.05 bits per heavy atom. The molecule has 0 aliphatic heterocycles. The van der Waals surface area contributed by atoms with Crippen molar-refractivity contribution >= 4 is 22.6 Å². The highest BCUT2D eigenvalue weighted by Gasteiger charge is 2.42. The second kappa shape index (κ2) is 11.0. The molecule has 5 aromatic rings. The Hall–Kier alpha value is -3.71. The minimum atomic E-state index is -1.88. The van der Waals surface area contributed by atoms with Crippen LogP contribution in [-0.4, -0.2) is 30.5 Å². The van der Waals surface area contributed by atoms with Crippen molar-refractivity contribution in [2.24, 2.45) is 0 Å². The van der Waals surface area contributed by atoms with E-state index in [2.05, 4.69) is 43.3 Å². The average Bonchev–Trinajstić information content (AvgIpc) is 3.61. The van der Waals surface area contributed by atoms with Crippen LogP contribution in [0.4, 0.5) is 8.78 Å². The van der Waals surface area contributed by atoms with E-state index in [4.69, 9.17) is 9.26 Å². The summed E-state index contributed by atoms with van der Waals surface area (Å²) in [5.74, 6) is -1.45. The molecular weight excluding hydrogens is 607 g/mol. The monoisotopic (exact) mass is 629 g/mol. The third-order valence-corrected chi connectivity index (χ3v) is 7.05. The average molecular weight is 629 g/mol. The molecule has 0 unspecified atom stereocenters. The van der Waals surface area contributed by atoms with Crippen LogP contribution in [0.2, 0.25) is 0 Å². The van der Waals surface area contributed by atoms with Crippen LogP contribution in [0.1, 0.15) is 29.7 Å². The zero-order valence-corrected chi connectivity index (χ0v) is 22.3. The number of ether oxygens (including phenoxy) is 1. The number of aromatic nitrogens is 5. The van der Waals surface area contributed by atoms with Gasteiger partial charge in [0.15, 0.2) is 0 Å². The quantitative estimate of drug-likeness (QED) is 0.216. The van der Waals surface area contributed by atoms with Gasteiger partial charge in [0.1, 0.15) is 47.4 Å². The van der Waals surface area contributed by atoms with Crippen LogP contribution in [0, 0.1) is 15.2 Å². The van der Waals surface area contributed by atoms with Gasteiger partial charge >= 0.3 is 0 Å². The van der Waals surface area contributed by atoms with Gasteiger partial charge in [-0.05, 0) is 81.0 Å². The van der Waals surface area contributed by atoms with E-state index in [9.17, 15) is 13.9 Å². The van der Waals surface area contributed by atoms with E-state index in [0.29, 0.717) is 23.8 Å². The van der Waals surface area contributed by atoms with Crippen molar-refractivity contribution in [1.29, 1.82) is 0 Å². The molecule has 2 aromatic heterocycles. The van der Waals surface area contributed by atoms with Gasteiger partial charge in [0.25, 0.3) is 0 Å². The molecule has 0 radical (unpaired) electrons. The molecule has 8 nitrogen and oxygen atoms in total. The highest BCUT2D eigenvalue weighted by Crippen LogP contribution is 2.40. The summed E-state index contributed by atoms with van der Waals surface area (Å²) in [6.45, 7) is 1.91. The number of hydrogen-bond acceptors (Lipinski definition) is 7. The summed E-state index contributed by atoms with van der Waals surface area (Å²) in [6, 6.07) is 20.2. The van der Waals surface area contributed by atoms with E-state index < -0.39 is 23.2 Å². The minimum absolute atomic E-state index is 0.116. The van der Waals surface area contributed by atoms with Crippen LogP contribution < -0.4 is 4.74 Å². The van der Waals surface area contributed by atoms with Gasteiger partial charge in [-0.2, -0.15) is 0 Å². The van der Waals surface area contributed by atoms with Crippen molar-refractivity contribution in [2.45, 2.75) is 31.6 Å². The Kier molecular flexibility index (Phi) is 7.47. The lowest BCUT2D eigenvalue weighted by molar-refractivity contribution is -0.0185. The maximum atomic E-state index is 14.8. The standard InChI is InChI=1S/C27H22F2IN5O3/c1-17(27(36,15-35-16-31-33-34-35)23-11-6-20(28)12-24(23)29)26-13-25(32-38-26)19-4-9-22(10-5-19)37-14-18-2-7-21(30)8-3-18/h2-13,16-17,36H,14-15H2,1H3/t17-,27+/m0/s1. The molecule has 194 valence electrons. The third-order valence-electron chi connectivity index (χ3n) is 6.33. The Morgan fingerprint density at radius 2 is 1.82 bits per heavy atom. The third kappa shape index (κ3) is 5.58. The first-order valence-electron chi connectivity index (χ1n) is 11.6. The minimum Gasteiger partial charge on any atom is -0.489 e. The fraction of sp³-hybridized carbons (Fsp3) is 0.185. The number of tetrazole rings is 1. The van der Waals surface area contributed by atoms with Crippen molar-refractivity contribution in [3.8, 4) is 17.0 Å². The summed E-state index contributed by atoms with van der Waals surface area (Å²) in [7, 11) is 0. The van der Waals surface area contributed by atoms with E-state index in [1.807, 2.05) is 48.5 Å². The molecule has 3 aromatic carbocycles. The number of benzene rings is 3. The maximum Gasteiger partial charge on any atom is 0.143 e. The topological polar surface area (TPSA) is 99.1 Å². The van der Waals surface area contributed by atoms with Gasteiger partial charge in [0.2, 0.25) is 0 Å². The van der Waals surface area contributed by atoms with E-state index in [0.717, 1.165) is 26.8 Å². The Bertz CT molecular complexity index is 1510. The van der Waals surface area contributed by atoms with Crippen molar-refractivity contribution < 1.29 is 23.1 Å². The first-order chi connectivity index (χ1) is 18.3. The molecule has 0 spiro atoms. The number of aliphatic hydroxyl groups is 1. The molecule has 1 N–H and O–H groups in total. The highest BCUT2D eigenvalue weighted by molar-refractivity contribution is 14.1. The molecule has 38 heavy (non-hydrogen) atoms. The van der Waals surface area contributed by atoms with Crippen LogP contribution in [0.3, 0.4) is 0 Å². The van der Waals surface area contributed by atoms with Crippen molar-refractivity contribution in [1.82, 2.24) is 25.4 Å². The van der Waals surface area contributed by atoms with E-state index in [1.165, 1.54) is 17.1 Å². The van der Waals surface area contributed by atoms with Crippen molar-refractivity contribution in [2.75, 3.05) is 0 Å². The first kappa shape index (κ1) is 25.9. The zero-order valence-electron chi connectivity index (χ0n) is 20.1. The lowest BCUT2D eigenvalue weighted by Crippen LogP contribution is -2.38. The first-order valence-corrected chi connectivity index (χ1v) is 12.7. The predicted octanol–water partition coefficient (Wildman–Crippen LogP) is 5.48. The highest BCUT2D eigenvalue weighted by atomic mass is 127. The molecule has 0 aliphatic carbocycles. The van der Waals surface area contributed by atoms with Crippen molar-refractivity contribution in [3.63, 3.8) is 0 Å². The molecule has 11 heteroatoms. The maximum absolute atomic E-state index is 14.8. The van der Waals surface area contributed by atoms with Gasteiger partial charge in [0, 0.05) is 26.8 Å². The summed E-state index contributed by atoms with van der Waals surface area (Å²) < 4.78 is 42.3. The van der Waals surface area contributed by atoms with E-state index in [-0.39, 0.29) is 12.1 Å². The van der Waals surface area contributed by atoms with E-state index in [1.54, 1.807) is 13.0 Å². The molecule has 0 bridgehead atoms. The Morgan fingerprint density at radius 3 is 2.50 bits per heavy atom. The zero-order chi connectivity index (χ0) is 26.7. The molecule has 0 aliphatic rings. The van der Waals surface area contributed by atoms with Crippen LogP contribution in [0.25, 0.3) is 11.3 Å². The molecule has 2 heterocycles. The summed E-state index contributed by atoms with van der Waals surface area (Å²) in [5.41, 5.74) is 0.369. The largest absolute Gasteiger partial charge is 0.489 e. The van der Waals surface area contributed by atoms with Gasteiger partial charge in [-0.25, -0.2) is 13.5 Å². The Labute approximate surface area is 230 Å².